The summed E-state index contributed by atoms with van der Waals surface area (Å²) in [6.45, 7) is 3.72. The summed E-state index contributed by atoms with van der Waals surface area (Å²) in [6.07, 6.45) is 3.15. The third kappa shape index (κ3) is 2.43. The Hall–Kier alpha value is -1.58. The molecule has 0 aromatic carbocycles. The van der Waals surface area contributed by atoms with Crippen molar-refractivity contribution in [1.82, 2.24) is 9.78 Å². The number of carbonyl (C=O) groups is 1. The van der Waals surface area contributed by atoms with Crippen molar-refractivity contribution in [3.63, 3.8) is 0 Å². The van der Waals surface area contributed by atoms with Crippen molar-refractivity contribution in [1.29, 1.82) is 0 Å². The van der Waals surface area contributed by atoms with Gasteiger partial charge in [0.25, 0.3) is 0 Å². The van der Waals surface area contributed by atoms with Crippen molar-refractivity contribution in [2.45, 2.75) is 13.8 Å². The van der Waals surface area contributed by atoms with E-state index in [0.29, 0.717) is 5.82 Å². The first-order valence-electron chi connectivity index (χ1n) is 4.08. The summed E-state index contributed by atoms with van der Waals surface area (Å²) in [5, 5.41) is 6.73. The van der Waals surface area contributed by atoms with E-state index in [-0.39, 0.29) is 5.91 Å². The van der Waals surface area contributed by atoms with Gasteiger partial charge in [-0.05, 0) is 19.9 Å². The maximum Gasteiger partial charge on any atom is 0.249 e. The number of aromatic nitrogens is 2. The second kappa shape index (κ2) is 3.89. The Labute approximate surface area is 77.3 Å². The van der Waals surface area contributed by atoms with E-state index in [4.69, 9.17) is 0 Å². The molecule has 70 valence electrons. The van der Waals surface area contributed by atoms with Crippen LogP contribution >= 0.6 is 0 Å². The number of aryl methyl sites for hydroxylation is 2. The van der Waals surface area contributed by atoms with Crippen LogP contribution in [0.2, 0.25) is 0 Å². The molecule has 1 rings (SSSR count). The van der Waals surface area contributed by atoms with Crippen LogP contribution in [0, 0.1) is 6.92 Å². The molecule has 4 heteroatoms. The molecule has 0 saturated carbocycles. The maximum absolute atomic E-state index is 11.1. The highest BCUT2D eigenvalue weighted by molar-refractivity contribution is 5.98. The van der Waals surface area contributed by atoms with Gasteiger partial charge in [-0.1, -0.05) is 6.08 Å². The smallest absolute Gasteiger partial charge is 0.249 e. The molecule has 0 unspecified atom stereocenters. The number of nitrogens with one attached hydrogen (secondary N) is 1. The molecule has 0 fully saturated rings. The van der Waals surface area contributed by atoms with E-state index in [1.807, 2.05) is 20.0 Å². The SMILES string of the molecule is C/C=C/C(=O)Nc1cc(C)n(C)n1. The number of amides is 1. The zero-order valence-corrected chi connectivity index (χ0v) is 8.03. The predicted octanol–water partition coefficient (Wildman–Crippen LogP) is 1.24. The summed E-state index contributed by atoms with van der Waals surface area (Å²) in [6, 6.07) is 1.82. The molecule has 0 aliphatic heterocycles. The number of hydrogen-bond acceptors (Lipinski definition) is 2. The Bertz CT molecular complexity index is 319. The van der Waals surface area contributed by atoms with Crippen LogP contribution in [-0.2, 0) is 11.8 Å². The summed E-state index contributed by atoms with van der Waals surface area (Å²) < 4.78 is 1.71. The van der Waals surface area contributed by atoms with Gasteiger partial charge in [-0.3, -0.25) is 9.48 Å². The molecule has 0 bridgehead atoms. The summed E-state index contributed by atoms with van der Waals surface area (Å²) >= 11 is 0. The first-order valence-corrected chi connectivity index (χ1v) is 4.08. The van der Waals surface area contributed by atoms with Crippen LogP contribution in [0.3, 0.4) is 0 Å². The Morgan fingerprint density at radius 2 is 2.38 bits per heavy atom. The van der Waals surface area contributed by atoms with Gasteiger partial charge in [0.2, 0.25) is 5.91 Å². The monoisotopic (exact) mass is 179 g/mol. The highest BCUT2D eigenvalue weighted by Crippen LogP contribution is 2.06. The third-order valence-electron chi connectivity index (χ3n) is 1.68. The molecule has 1 aromatic heterocycles. The van der Waals surface area contributed by atoms with Crippen LogP contribution in [0.25, 0.3) is 0 Å². The Balaban J connectivity index is 2.69. The first-order chi connectivity index (χ1) is 6.13. The van der Waals surface area contributed by atoms with Gasteiger partial charge in [0.15, 0.2) is 5.82 Å². The number of carbonyl (C=O) groups excluding carboxylic acids is 1. The van der Waals surface area contributed by atoms with Gasteiger partial charge < -0.3 is 5.32 Å². The Morgan fingerprint density at radius 1 is 1.69 bits per heavy atom. The van der Waals surface area contributed by atoms with Gasteiger partial charge >= 0.3 is 0 Å². The summed E-state index contributed by atoms with van der Waals surface area (Å²) in [4.78, 5) is 11.1. The second-order valence-electron chi connectivity index (χ2n) is 2.78. The number of nitrogens with zero attached hydrogens (tertiary/aromatic N) is 2. The van der Waals surface area contributed by atoms with Crippen molar-refractivity contribution in [3.05, 3.63) is 23.9 Å². The lowest BCUT2D eigenvalue weighted by Gasteiger charge is -1.94. The topological polar surface area (TPSA) is 46.9 Å². The third-order valence-corrected chi connectivity index (χ3v) is 1.68. The molecule has 0 radical (unpaired) electrons. The van der Waals surface area contributed by atoms with E-state index in [1.165, 1.54) is 6.08 Å². The lowest BCUT2D eigenvalue weighted by atomic mass is 10.4. The molecular formula is C9H13N3O. The van der Waals surface area contributed by atoms with Crippen molar-refractivity contribution < 1.29 is 4.79 Å². The van der Waals surface area contributed by atoms with Crippen LogP contribution in [0.15, 0.2) is 18.2 Å². The fourth-order valence-electron chi connectivity index (χ4n) is 0.941. The van der Waals surface area contributed by atoms with E-state index in [2.05, 4.69) is 10.4 Å². The predicted molar refractivity (Wildman–Crippen MR) is 51.4 cm³/mol. The normalized spacial score (nSPS) is 10.7. The molecule has 0 aliphatic carbocycles. The maximum atomic E-state index is 11.1. The second-order valence-corrected chi connectivity index (χ2v) is 2.78. The van der Waals surface area contributed by atoms with E-state index in [0.717, 1.165) is 5.69 Å². The van der Waals surface area contributed by atoms with Crippen LogP contribution < -0.4 is 5.32 Å². The number of anilines is 1. The number of rotatable bonds is 2. The standard InChI is InChI=1S/C9H13N3O/c1-4-5-9(13)10-8-6-7(2)12(3)11-8/h4-6H,1-3H3,(H,10,11,13)/b5-4+. The molecule has 0 spiro atoms. The molecule has 0 aliphatic rings. The van der Waals surface area contributed by atoms with Gasteiger partial charge in [0, 0.05) is 18.8 Å². The van der Waals surface area contributed by atoms with Gasteiger partial charge in [-0.2, -0.15) is 5.10 Å². The lowest BCUT2D eigenvalue weighted by Crippen LogP contribution is -2.08. The lowest BCUT2D eigenvalue weighted by molar-refractivity contribution is -0.111. The zero-order chi connectivity index (χ0) is 9.84. The van der Waals surface area contributed by atoms with E-state index < -0.39 is 0 Å². The van der Waals surface area contributed by atoms with Crippen LogP contribution in [0.1, 0.15) is 12.6 Å². The molecule has 4 nitrogen and oxygen atoms in total. The summed E-state index contributed by atoms with van der Waals surface area (Å²) in [5.74, 6) is 0.434. The number of allylic oxidation sites excluding steroid dienone is 1. The highest BCUT2D eigenvalue weighted by atomic mass is 16.1. The minimum Gasteiger partial charge on any atom is -0.306 e. The van der Waals surface area contributed by atoms with Crippen molar-refractivity contribution in [2.24, 2.45) is 7.05 Å². The van der Waals surface area contributed by atoms with Gasteiger partial charge in [0.05, 0.1) is 0 Å². The summed E-state index contributed by atoms with van der Waals surface area (Å²) in [5.41, 5.74) is 1.01. The minimum absolute atomic E-state index is 0.152. The largest absolute Gasteiger partial charge is 0.306 e. The molecule has 1 N–H and O–H groups in total. The first kappa shape index (κ1) is 9.51. The molecule has 0 atom stereocenters. The molecule has 1 aromatic rings. The molecule has 0 saturated heterocycles. The molecule has 13 heavy (non-hydrogen) atoms. The Morgan fingerprint density at radius 3 is 2.85 bits per heavy atom. The van der Waals surface area contributed by atoms with Crippen molar-refractivity contribution >= 4 is 11.7 Å². The van der Waals surface area contributed by atoms with E-state index >= 15 is 0 Å². The van der Waals surface area contributed by atoms with E-state index in [1.54, 1.807) is 17.7 Å². The average Bonchev–Trinajstić information content (AvgIpc) is 2.31. The van der Waals surface area contributed by atoms with Crippen LogP contribution in [0.5, 0.6) is 0 Å². The molecular weight excluding hydrogens is 166 g/mol. The highest BCUT2D eigenvalue weighted by Gasteiger charge is 2.02. The van der Waals surface area contributed by atoms with Gasteiger partial charge in [0.1, 0.15) is 0 Å². The van der Waals surface area contributed by atoms with E-state index in [9.17, 15) is 4.79 Å². The van der Waals surface area contributed by atoms with Gasteiger partial charge in [-0.15, -0.1) is 0 Å². The Kier molecular flexibility index (Phi) is 2.84. The zero-order valence-electron chi connectivity index (χ0n) is 8.03. The van der Waals surface area contributed by atoms with Gasteiger partial charge in [-0.25, -0.2) is 0 Å². The van der Waals surface area contributed by atoms with Crippen molar-refractivity contribution in [2.75, 3.05) is 5.32 Å². The fraction of sp³-hybridized carbons (Fsp3) is 0.333. The summed E-state index contributed by atoms with van der Waals surface area (Å²) in [7, 11) is 1.83. The number of hydrogen-bond donors (Lipinski definition) is 1. The fourth-order valence-corrected chi connectivity index (χ4v) is 0.941. The minimum atomic E-state index is -0.152. The van der Waals surface area contributed by atoms with Crippen molar-refractivity contribution in [3.8, 4) is 0 Å². The molecule has 1 amide bonds. The quantitative estimate of drug-likeness (QED) is 0.694. The average molecular weight is 179 g/mol. The van der Waals surface area contributed by atoms with Crippen LogP contribution in [-0.4, -0.2) is 15.7 Å². The van der Waals surface area contributed by atoms with Crippen LogP contribution in [0.4, 0.5) is 5.82 Å². The molecule has 1 heterocycles.